The molecule has 0 aliphatic rings. The van der Waals surface area contributed by atoms with Crippen LogP contribution in [0.2, 0.25) is 0 Å². The van der Waals surface area contributed by atoms with Gasteiger partial charge in [-0.15, -0.1) is 52.6 Å². The Kier molecular flexibility index (Phi) is 298. The third-order valence-electron chi connectivity index (χ3n) is 2.24. The molecule has 0 aliphatic carbocycles. The van der Waals surface area contributed by atoms with Crippen LogP contribution in [-0.4, -0.2) is 0 Å². The first-order valence-electron chi connectivity index (χ1n) is 13.2. The highest BCUT2D eigenvalue weighted by Crippen LogP contribution is 1.85. The van der Waals surface area contributed by atoms with E-state index in [4.69, 9.17) is 0 Å². The van der Waals surface area contributed by atoms with Crippen molar-refractivity contribution >= 4 is 0 Å². The van der Waals surface area contributed by atoms with E-state index in [-0.39, 0.29) is 0 Å². The highest BCUT2D eigenvalue weighted by molar-refractivity contribution is 4.84. The lowest BCUT2D eigenvalue weighted by molar-refractivity contribution is 0.957. The van der Waals surface area contributed by atoms with Gasteiger partial charge >= 0.3 is 0 Å². The molecule has 0 saturated heterocycles. The van der Waals surface area contributed by atoms with Crippen molar-refractivity contribution < 1.29 is 0 Å². The average molecular weight is 517 g/mol. The van der Waals surface area contributed by atoms with Gasteiger partial charge in [-0.3, -0.25) is 0 Å². The number of allylic oxidation sites excluding steroid dienone is 10. The van der Waals surface area contributed by atoms with Crippen LogP contribution in [-0.2, 0) is 0 Å². The number of hydrogen-bond donors (Lipinski definition) is 0. The van der Waals surface area contributed by atoms with Crippen LogP contribution in [0.25, 0.3) is 0 Å². The summed E-state index contributed by atoms with van der Waals surface area (Å²) in [6.45, 7) is 52.8. The maximum Gasteiger partial charge on any atom is 0.0864 e. The van der Waals surface area contributed by atoms with Crippen LogP contribution in [0.1, 0.15) is 101 Å². The van der Waals surface area contributed by atoms with Gasteiger partial charge in [-0.1, -0.05) is 75.8 Å². The van der Waals surface area contributed by atoms with Crippen molar-refractivity contribution in [3.05, 3.63) is 139 Å². The van der Waals surface area contributed by atoms with Crippen molar-refractivity contribution in [1.29, 1.82) is 0 Å². The predicted octanol–water partition coefficient (Wildman–Crippen LogP) is 14.3. The summed E-state index contributed by atoms with van der Waals surface area (Å²) in [5.74, 6) is 0. The monoisotopic (exact) mass is 517 g/mol. The summed E-state index contributed by atoms with van der Waals surface area (Å²) < 4.78 is 0. The van der Waals surface area contributed by atoms with Gasteiger partial charge in [-0.2, -0.15) is 0 Å². The topological polar surface area (TPSA) is 0 Å². The summed E-state index contributed by atoms with van der Waals surface area (Å²) in [5.41, 5.74) is 0. The Morgan fingerprint density at radius 2 is 0.838 bits per heavy atom. The van der Waals surface area contributed by atoms with Gasteiger partial charge in [0, 0.05) is 39.3 Å². The van der Waals surface area contributed by atoms with E-state index in [2.05, 4.69) is 113 Å². The Morgan fingerprint density at radius 1 is 0.568 bits per heavy atom. The number of unbranched alkanes of at least 4 members (excludes halogenated alkanes) is 2. The smallest absolute Gasteiger partial charge is 0.0864 e. The molecule has 0 aromatic heterocycles. The maximum atomic E-state index is 3.49. The van der Waals surface area contributed by atoms with Crippen molar-refractivity contribution in [3.63, 3.8) is 0 Å². The van der Waals surface area contributed by atoms with E-state index >= 15 is 0 Å². The lowest BCUT2D eigenvalue weighted by Crippen LogP contribution is -1.55. The van der Waals surface area contributed by atoms with Crippen LogP contribution in [0.4, 0.5) is 0 Å². The van der Waals surface area contributed by atoms with E-state index in [1.165, 1.54) is 12.8 Å². The maximum absolute atomic E-state index is 3.49. The Balaban J connectivity index is -0.0000000278. The molecular formula is C37H72+2. The highest BCUT2D eigenvalue weighted by Gasteiger charge is 1.71. The fourth-order valence-electron chi connectivity index (χ4n) is 0.500. The van der Waals surface area contributed by atoms with Crippen molar-refractivity contribution in [1.82, 2.24) is 0 Å². The van der Waals surface area contributed by atoms with Gasteiger partial charge in [0.2, 0.25) is 0 Å². The first kappa shape index (κ1) is 64.3. The van der Waals surface area contributed by atoms with Crippen LogP contribution >= 0.6 is 0 Å². The molecule has 0 aromatic rings. The molecule has 0 radical (unpaired) electrons. The summed E-state index contributed by atoms with van der Waals surface area (Å²) in [4.78, 5) is 0. The van der Waals surface area contributed by atoms with Crippen LogP contribution in [0.3, 0.4) is 0 Å². The van der Waals surface area contributed by atoms with Gasteiger partial charge in [-0.05, 0) is 60.8 Å². The predicted molar refractivity (Wildman–Crippen MR) is 190 cm³/mol. The molecule has 218 valence electrons. The minimum Gasteiger partial charge on any atom is -0.106 e. The van der Waals surface area contributed by atoms with Crippen molar-refractivity contribution in [3.8, 4) is 0 Å². The van der Waals surface area contributed by atoms with E-state index < -0.39 is 0 Å². The minimum absolute atomic E-state index is 1.08. The molecule has 0 unspecified atom stereocenters. The molecule has 0 aromatic carbocycles. The summed E-state index contributed by atoms with van der Waals surface area (Å²) in [6, 6.07) is 0. The Morgan fingerprint density at radius 3 is 0.865 bits per heavy atom. The molecule has 0 aliphatic heterocycles. The molecule has 0 bridgehead atoms. The highest BCUT2D eigenvalue weighted by atomic mass is 13.7. The van der Waals surface area contributed by atoms with Crippen LogP contribution in [0.5, 0.6) is 0 Å². The minimum atomic E-state index is 1.08. The Labute approximate surface area is 240 Å². The summed E-state index contributed by atoms with van der Waals surface area (Å²) in [5, 5.41) is 0. The molecule has 37 heavy (non-hydrogen) atoms. The average Bonchev–Trinajstić information content (AvgIpc) is 2.96. The second-order valence-corrected chi connectivity index (χ2v) is 5.68. The van der Waals surface area contributed by atoms with E-state index in [1.807, 2.05) is 71.8 Å². The van der Waals surface area contributed by atoms with E-state index in [1.54, 1.807) is 24.3 Å². The van der Waals surface area contributed by atoms with Gasteiger partial charge < -0.3 is 0 Å². The van der Waals surface area contributed by atoms with Crippen LogP contribution in [0.15, 0.2) is 127 Å². The summed E-state index contributed by atoms with van der Waals surface area (Å²) >= 11 is 0. The zero-order valence-electron chi connectivity index (χ0n) is 27.5. The quantitative estimate of drug-likeness (QED) is 0.233. The van der Waals surface area contributed by atoms with Crippen LogP contribution < -0.4 is 0 Å². The zero-order valence-corrected chi connectivity index (χ0v) is 27.5. The fraction of sp³-hybridized carbons (Fsp3) is 0.405. The standard InChI is InChI=1S/C6H12.C5H9.3C4H8.C4H7.2C3H6.2C2H4/c1-3-5-6-4-2;1-3-5-4-2;4*1-3-4-2;2*1-3-2;2*1-2/h3,5H,4,6H2,1-2H3;3,5H,1,4H2,2H3;3-4H,1-2H3;2*3H,1,4H2,2H3;3-4H,1H2,2H3;2*3H,1H2,2H3;2*1-2H2/q;+1;;;;+1;;;;/b5-3+;;4-3+;;;;;;;. The lowest BCUT2D eigenvalue weighted by Gasteiger charge is -1.76. The Bertz CT molecular complexity index is 334. The first-order valence-corrected chi connectivity index (χ1v) is 13.2. The molecule has 0 atom stereocenters. The van der Waals surface area contributed by atoms with Crippen molar-refractivity contribution in [2.75, 3.05) is 0 Å². The van der Waals surface area contributed by atoms with Gasteiger partial charge in [0.25, 0.3) is 0 Å². The van der Waals surface area contributed by atoms with Gasteiger partial charge in [0.05, 0.1) is 12.2 Å². The van der Waals surface area contributed by atoms with E-state index in [0.29, 0.717) is 0 Å². The largest absolute Gasteiger partial charge is 0.106 e. The zero-order chi connectivity index (χ0) is 32.0. The SMILES string of the molecule is C/C=C/C.C/C=C/CCC.C=C.C=C.C=CC.C=CC.C=CCC.C=CCC.C=C[CH+]C.C=C[CH+]CC. The summed E-state index contributed by atoms with van der Waals surface area (Å²) in [7, 11) is 0. The van der Waals surface area contributed by atoms with E-state index in [9.17, 15) is 0 Å². The third kappa shape index (κ3) is 852. The molecule has 0 heteroatoms. The fourth-order valence-corrected chi connectivity index (χ4v) is 0.500. The molecule has 0 saturated carbocycles. The normalized spacial score (nSPS) is 6.43. The van der Waals surface area contributed by atoms with Gasteiger partial charge in [0.15, 0.2) is 0 Å². The molecule has 0 amide bonds. The molecule has 0 nitrogen and oxygen atoms in total. The second kappa shape index (κ2) is 171. The molecule has 0 spiro atoms. The number of rotatable bonds is 7. The van der Waals surface area contributed by atoms with Crippen molar-refractivity contribution in [2.24, 2.45) is 0 Å². The van der Waals surface area contributed by atoms with E-state index in [0.717, 1.165) is 19.3 Å². The van der Waals surface area contributed by atoms with Gasteiger partial charge in [-0.25, -0.2) is 0 Å². The molecule has 0 N–H and O–H groups in total. The summed E-state index contributed by atoms with van der Waals surface area (Å²) in [6.07, 6.45) is 28.7. The lowest BCUT2D eigenvalue weighted by atomic mass is 10.3. The molecule has 0 fully saturated rings. The molecule has 0 heterocycles. The number of hydrogen-bond acceptors (Lipinski definition) is 0. The van der Waals surface area contributed by atoms with Gasteiger partial charge in [0.1, 0.15) is 0 Å². The second-order valence-electron chi connectivity index (χ2n) is 5.68. The first-order chi connectivity index (χ1) is 17.8. The molecule has 0 rings (SSSR count). The molecular weight excluding hydrogens is 444 g/mol. The van der Waals surface area contributed by atoms with Crippen molar-refractivity contribution in [2.45, 2.75) is 101 Å². The van der Waals surface area contributed by atoms with Crippen LogP contribution in [0, 0.1) is 12.8 Å². The Hall–Kier alpha value is -2.86. The third-order valence-corrected chi connectivity index (χ3v) is 2.24.